The first kappa shape index (κ1) is 15.6. The smallest absolute Gasteiger partial charge is 0.293 e. The van der Waals surface area contributed by atoms with Gasteiger partial charge in [-0.3, -0.25) is 0 Å². The Morgan fingerprint density at radius 2 is 1.88 bits per heavy atom. The van der Waals surface area contributed by atoms with E-state index in [9.17, 15) is 0 Å². The molecule has 4 rings (SSSR count). The van der Waals surface area contributed by atoms with Crippen LogP contribution in [-0.2, 0) is 5.75 Å². The monoisotopic (exact) mass is 350 g/mol. The number of hydrogen-bond acceptors (Lipinski definition) is 7. The summed E-state index contributed by atoms with van der Waals surface area (Å²) < 4.78 is 10.5. The fraction of sp³-hybridized carbons (Fsp3) is 0.111. The molecule has 0 amide bonds. The standard InChI is InChI=1S/C18H14N4O2S/c1-12-10-14(13-6-3-2-4-7-13)20-18(19-12)25-11-16-21-17(24-22-16)15-8-5-9-23-15/h2-10H,11H2,1H3. The summed E-state index contributed by atoms with van der Waals surface area (Å²) in [6, 6.07) is 15.6. The molecule has 0 aliphatic heterocycles. The molecule has 7 heteroatoms. The summed E-state index contributed by atoms with van der Waals surface area (Å²) >= 11 is 1.47. The van der Waals surface area contributed by atoms with Crippen LogP contribution in [0.4, 0.5) is 0 Å². The molecule has 1 aromatic carbocycles. The molecule has 3 heterocycles. The summed E-state index contributed by atoms with van der Waals surface area (Å²) in [6.07, 6.45) is 1.57. The van der Waals surface area contributed by atoms with E-state index in [1.54, 1.807) is 18.4 Å². The Bertz CT molecular complexity index is 968. The topological polar surface area (TPSA) is 77.8 Å². The highest BCUT2D eigenvalue weighted by atomic mass is 32.2. The van der Waals surface area contributed by atoms with E-state index in [-0.39, 0.29) is 0 Å². The maximum atomic E-state index is 5.25. The molecule has 3 aromatic heterocycles. The van der Waals surface area contributed by atoms with E-state index in [1.165, 1.54) is 11.8 Å². The summed E-state index contributed by atoms with van der Waals surface area (Å²) in [5.41, 5.74) is 2.88. The Balaban J connectivity index is 1.51. The second kappa shape index (κ2) is 6.90. The third kappa shape index (κ3) is 3.61. The molecule has 0 saturated heterocycles. The van der Waals surface area contributed by atoms with Gasteiger partial charge in [0.05, 0.1) is 17.7 Å². The van der Waals surface area contributed by atoms with E-state index >= 15 is 0 Å². The van der Waals surface area contributed by atoms with Crippen molar-refractivity contribution in [3.8, 4) is 22.9 Å². The van der Waals surface area contributed by atoms with Crippen molar-refractivity contribution in [2.45, 2.75) is 17.8 Å². The largest absolute Gasteiger partial charge is 0.459 e. The van der Waals surface area contributed by atoms with E-state index in [0.29, 0.717) is 28.4 Å². The zero-order chi connectivity index (χ0) is 17.1. The first-order valence-corrected chi connectivity index (χ1v) is 8.67. The Kier molecular flexibility index (Phi) is 4.30. The molecular formula is C18H14N4O2S. The lowest BCUT2D eigenvalue weighted by atomic mass is 10.1. The van der Waals surface area contributed by atoms with Gasteiger partial charge in [-0.15, -0.1) is 0 Å². The lowest BCUT2D eigenvalue weighted by Crippen LogP contribution is -1.94. The average Bonchev–Trinajstić information content (AvgIpc) is 3.32. The molecule has 0 unspecified atom stereocenters. The summed E-state index contributed by atoms with van der Waals surface area (Å²) in [7, 11) is 0. The van der Waals surface area contributed by atoms with Crippen LogP contribution < -0.4 is 0 Å². The molecule has 0 saturated carbocycles. The van der Waals surface area contributed by atoms with Crippen molar-refractivity contribution >= 4 is 11.8 Å². The molecular weight excluding hydrogens is 336 g/mol. The molecule has 0 atom stereocenters. The van der Waals surface area contributed by atoms with Crippen molar-refractivity contribution < 1.29 is 8.94 Å². The highest BCUT2D eigenvalue weighted by molar-refractivity contribution is 7.98. The van der Waals surface area contributed by atoms with Gasteiger partial charge in [0.25, 0.3) is 5.89 Å². The lowest BCUT2D eigenvalue weighted by molar-refractivity contribution is 0.411. The van der Waals surface area contributed by atoms with Gasteiger partial charge in [-0.05, 0) is 25.1 Å². The van der Waals surface area contributed by atoms with E-state index in [4.69, 9.17) is 8.94 Å². The fourth-order valence-electron chi connectivity index (χ4n) is 2.30. The van der Waals surface area contributed by atoms with Gasteiger partial charge < -0.3 is 8.94 Å². The fourth-order valence-corrected chi connectivity index (χ4v) is 3.05. The van der Waals surface area contributed by atoms with Crippen LogP contribution in [0, 0.1) is 6.92 Å². The van der Waals surface area contributed by atoms with Crippen molar-refractivity contribution in [3.63, 3.8) is 0 Å². The number of nitrogens with zero attached hydrogens (tertiary/aromatic N) is 4. The normalized spacial score (nSPS) is 10.9. The molecule has 124 valence electrons. The molecule has 0 aliphatic rings. The Hall–Kier alpha value is -2.93. The van der Waals surface area contributed by atoms with Crippen LogP contribution in [0.5, 0.6) is 0 Å². The van der Waals surface area contributed by atoms with Crippen molar-refractivity contribution in [2.75, 3.05) is 0 Å². The first-order valence-electron chi connectivity index (χ1n) is 7.68. The van der Waals surface area contributed by atoms with Crippen LogP contribution in [-0.4, -0.2) is 20.1 Å². The number of thioether (sulfide) groups is 1. The van der Waals surface area contributed by atoms with Crippen molar-refractivity contribution in [3.05, 3.63) is 66.3 Å². The van der Waals surface area contributed by atoms with Gasteiger partial charge >= 0.3 is 0 Å². The van der Waals surface area contributed by atoms with Crippen molar-refractivity contribution in [1.82, 2.24) is 20.1 Å². The lowest BCUT2D eigenvalue weighted by Gasteiger charge is -2.05. The average molecular weight is 350 g/mol. The van der Waals surface area contributed by atoms with Gasteiger partial charge in [0.15, 0.2) is 16.7 Å². The third-order valence-electron chi connectivity index (χ3n) is 3.43. The molecule has 0 aliphatic carbocycles. The minimum atomic E-state index is 0.371. The molecule has 4 aromatic rings. The maximum Gasteiger partial charge on any atom is 0.293 e. The molecule has 0 bridgehead atoms. The molecule has 0 spiro atoms. The van der Waals surface area contributed by atoms with Crippen LogP contribution in [0.3, 0.4) is 0 Å². The van der Waals surface area contributed by atoms with E-state index in [1.807, 2.05) is 43.3 Å². The van der Waals surface area contributed by atoms with E-state index in [0.717, 1.165) is 17.0 Å². The number of furan rings is 1. The second-order valence-corrected chi connectivity index (χ2v) is 6.27. The minimum Gasteiger partial charge on any atom is -0.459 e. The summed E-state index contributed by atoms with van der Waals surface area (Å²) in [6.45, 7) is 1.96. The van der Waals surface area contributed by atoms with Gasteiger partial charge in [-0.1, -0.05) is 47.3 Å². The van der Waals surface area contributed by atoms with Gasteiger partial charge in [0.2, 0.25) is 0 Å². The summed E-state index contributed by atoms with van der Waals surface area (Å²) in [5, 5.41) is 4.65. The van der Waals surface area contributed by atoms with Crippen LogP contribution in [0.15, 0.2) is 68.9 Å². The molecule has 25 heavy (non-hydrogen) atoms. The minimum absolute atomic E-state index is 0.371. The maximum absolute atomic E-state index is 5.25. The number of benzene rings is 1. The molecule has 0 radical (unpaired) electrons. The highest BCUT2D eigenvalue weighted by Crippen LogP contribution is 2.24. The summed E-state index contributed by atoms with van der Waals surface area (Å²) in [4.78, 5) is 13.4. The van der Waals surface area contributed by atoms with Gasteiger partial charge in [0, 0.05) is 11.3 Å². The number of aromatic nitrogens is 4. The number of aryl methyl sites for hydroxylation is 1. The third-order valence-corrected chi connectivity index (χ3v) is 4.28. The highest BCUT2D eigenvalue weighted by Gasteiger charge is 2.12. The zero-order valence-electron chi connectivity index (χ0n) is 13.4. The van der Waals surface area contributed by atoms with Crippen LogP contribution in [0.2, 0.25) is 0 Å². The van der Waals surface area contributed by atoms with E-state index in [2.05, 4.69) is 20.1 Å². The molecule has 6 nitrogen and oxygen atoms in total. The van der Waals surface area contributed by atoms with Crippen LogP contribution in [0.25, 0.3) is 22.9 Å². The second-order valence-electron chi connectivity index (χ2n) is 5.32. The first-order chi connectivity index (χ1) is 12.3. The Labute approximate surface area is 148 Å². The van der Waals surface area contributed by atoms with Gasteiger partial charge in [-0.25, -0.2) is 9.97 Å². The van der Waals surface area contributed by atoms with Gasteiger partial charge in [-0.2, -0.15) is 4.98 Å². The van der Waals surface area contributed by atoms with Crippen LogP contribution >= 0.6 is 11.8 Å². The predicted octanol–water partition coefficient (Wildman–Crippen LogP) is 4.39. The summed E-state index contributed by atoms with van der Waals surface area (Å²) in [5.74, 6) is 2.02. The number of hydrogen-bond donors (Lipinski definition) is 0. The quantitative estimate of drug-likeness (QED) is 0.390. The Morgan fingerprint density at radius 1 is 1.00 bits per heavy atom. The molecule has 0 fully saturated rings. The van der Waals surface area contributed by atoms with Crippen molar-refractivity contribution in [1.29, 1.82) is 0 Å². The van der Waals surface area contributed by atoms with Crippen molar-refractivity contribution in [2.24, 2.45) is 0 Å². The Morgan fingerprint density at radius 3 is 2.68 bits per heavy atom. The zero-order valence-corrected chi connectivity index (χ0v) is 14.2. The SMILES string of the molecule is Cc1cc(-c2ccccc2)nc(SCc2noc(-c3ccco3)n2)n1. The van der Waals surface area contributed by atoms with Crippen LogP contribution in [0.1, 0.15) is 11.5 Å². The number of rotatable bonds is 5. The molecule has 0 N–H and O–H groups in total. The predicted molar refractivity (Wildman–Crippen MR) is 93.8 cm³/mol. The van der Waals surface area contributed by atoms with E-state index < -0.39 is 0 Å². The van der Waals surface area contributed by atoms with Gasteiger partial charge in [0.1, 0.15) is 0 Å².